The number of aliphatic imine (C=N–C) groups is 1. The summed E-state index contributed by atoms with van der Waals surface area (Å²) < 4.78 is 80.4. The molecule has 0 aliphatic heterocycles. The van der Waals surface area contributed by atoms with Gasteiger partial charge in [-0.15, -0.1) is 0 Å². The van der Waals surface area contributed by atoms with Crippen molar-refractivity contribution in [2.75, 3.05) is 20.1 Å². The average molecular weight is 597 g/mol. The minimum atomic E-state index is -4.52. The Kier molecular flexibility index (Phi) is 10.4. The van der Waals surface area contributed by atoms with Gasteiger partial charge in [-0.25, -0.2) is 12.8 Å². The molecule has 2 aromatic carbocycles. The molecule has 0 aromatic heterocycles. The predicted molar refractivity (Wildman–Crippen MR) is 150 cm³/mol. The number of amidine groups is 1. The van der Waals surface area contributed by atoms with Crippen LogP contribution in [0.4, 0.5) is 17.6 Å². The number of carbonyl (C=O) groups is 1. The number of hydrogen-bond donors (Lipinski definition) is 2. The number of likely N-dealkylation sites (N-methyl/N-ethyl adjacent to an activating group) is 1. The molecule has 1 saturated carbocycles. The second kappa shape index (κ2) is 13.2. The van der Waals surface area contributed by atoms with Gasteiger partial charge in [0.15, 0.2) is 0 Å². The monoisotopic (exact) mass is 596 g/mol. The number of benzene rings is 2. The summed E-state index contributed by atoms with van der Waals surface area (Å²) in [6.45, 7) is 8.24. The van der Waals surface area contributed by atoms with Crippen molar-refractivity contribution >= 4 is 21.8 Å². The average Bonchev–Trinajstić information content (AvgIpc) is 2.87. The third-order valence-electron chi connectivity index (χ3n) is 6.90. The van der Waals surface area contributed by atoms with Crippen LogP contribution >= 0.6 is 0 Å². The zero-order valence-corrected chi connectivity index (χ0v) is 24.2. The zero-order valence-electron chi connectivity index (χ0n) is 23.4. The van der Waals surface area contributed by atoms with E-state index in [2.05, 4.69) is 36.1 Å². The number of halogens is 4. The second-order valence-electron chi connectivity index (χ2n) is 10.9. The normalized spacial score (nSPS) is 15.9. The molecule has 12 heteroatoms. The highest BCUT2D eigenvalue weighted by molar-refractivity contribution is 7.89. The Hall–Kier alpha value is -3.25. The van der Waals surface area contributed by atoms with Crippen molar-refractivity contribution in [3.05, 3.63) is 77.6 Å². The molecule has 2 N–H and O–H groups in total. The first-order valence-corrected chi connectivity index (χ1v) is 14.7. The maximum Gasteiger partial charge on any atom is 0.416 e. The fourth-order valence-corrected chi connectivity index (χ4v) is 6.16. The molecule has 1 aliphatic carbocycles. The molecule has 41 heavy (non-hydrogen) atoms. The van der Waals surface area contributed by atoms with Gasteiger partial charge in [0.2, 0.25) is 15.9 Å². The maximum absolute atomic E-state index is 13.4. The smallest absolute Gasteiger partial charge is 0.373 e. The van der Waals surface area contributed by atoms with Gasteiger partial charge in [0.25, 0.3) is 0 Å². The van der Waals surface area contributed by atoms with Crippen LogP contribution in [0.5, 0.6) is 0 Å². The van der Waals surface area contributed by atoms with Crippen LogP contribution in [0.15, 0.2) is 70.6 Å². The van der Waals surface area contributed by atoms with Gasteiger partial charge in [0, 0.05) is 32.6 Å². The van der Waals surface area contributed by atoms with E-state index in [0.29, 0.717) is 17.0 Å². The fourth-order valence-electron chi connectivity index (χ4n) is 4.73. The standard InChI is InChI=1S/C29H36F4N4O3S/c1-20(27(34-4)35-15-13-26(38)36-24-17-28(2,3)18-24)14-16-37(41(39,40)25-11-9-23(30)10-12-25)19-21-5-7-22(8-6-21)29(31,32)33/h5-12,24H,1,13-19H2,2-4H3,(H,34,35)(H,36,38). The Labute approximate surface area is 238 Å². The topological polar surface area (TPSA) is 90.9 Å². The summed E-state index contributed by atoms with van der Waals surface area (Å²) in [7, 11) is -2.50. The first-order valence-electron chi connectivity index (χ1n) is 13.2. The first-order chi connectivity index (χ1) is 19.1. The van der Waals surface area contributed by atoms with Crippen LogP contribution in [0.2, 0.25) is 0 Å². The summed E-state index contributed by atoms with van der Waals surface area (Å²) in [4.78, 5) is 16.5. The van der Waals surface area contributed by atoms with E-state index in [9.17, 15) is 30.8 Å². The highest BCUT2D eigenvalue weighted by Crippen LogP contribution is 2.39. The molecular weight excluding hydrogens is 560 g/mol. The molecule has 0 atom stereocenters. The molecule has 0 heterocycles. The fraction of sp³-hybridized carbons (Fsp3) is 0.448. The molecule has 0 bridgehead atoms. The molecule has 0 spiro atoms. The quantitative estimate of drug-likeness (QED) is 0.198. The Balaban J connectivity index is 1.68. The molecule has 224 valence electrons. The summed E-state index contributed by atoms with van der Waals surface area (Å²) in [5, 5.41) is 5.92. The van der Waals surface area contributed by atoms with E-state index in [4.69, 9.17) is 0 Å². The van der Waals surface area contributed by atoms with Crippen LogP contribution in [-0.4, -0.2) is 50.6 Å². The number of alkyl halides is 3. The van der Waals surface area contributed by atoms with Crippen LogP contribution in [0.25, 0.3) is 0 Å². The maximum atomic E-state index is 13.4. The summed E-state index contributed by atoms with van der Waals surface area (Å²) >= 11 is 0. The van der Waals surface area contributed by atoms with Gasteiger partial charge >= 0.3 is 6.18 Å². The van der Waals surface area contributed by atoms with E-state index in [1.54, 1.807) is 7.05 Å². The Morgan fingerprint density at radius 2 is 1.68 bits per heavy atom. The van der Waals surface area contributed by atoms with Gasteiger partial charge in [0.1, 0.15) is 11.7 Å². The summed E-state index contributed by atoms with van der Waals surface area (Å²) in [6.07, 6.45) is -2.32. The van der Waals surface area contributed by atoms with Gasteiger partial charge in [-0.2, -0.15) is 17.5 Å². The van der Waals surface area contributed by atoms with Crippen LogP contribution < -0.4 is 10.6 Å². The number of nitrogens with zero attached hydrogens (tertiary/aromatic N) is 2. The molecule has 1 aliphatic rings. The largest absolute Gasteiger partial charge is 0.416 e. The Morgan fingerprint density at radius 1 is 1.07 bits per heavy atom. The van der Waals surface area contributed by atoms with E-state index in [0.717, 1.165) is 53.5 Å². The first kappa shape index (κ1) is 32.3. The second-order valence-corrected chi connectivity index (χ2v) is 12.8. The minimum Gasteiger partial charge on any atom is -0.373 e. The lowest BCUT2D eigenvalue weighted by molar-refractivity contribution is -0.137. The molecular formula is C29H36F4N4O3S. The molecule has 2 aromatic rings. The molecule has 0 unspecified atom stereocenters. The number of nitrogens with one attached hydrogen (secondary N) is 2. The van der Waals surface area contributed by atoms with Gasteiger partial charge in [0.05, 0.1) is 17.0 Å². The van der Waals surface area contributed by atoms with Crippen LogP contribution in [-0.2, 0) is 27.5 Å². The lowest BCUT2D eigenvalue weighted by atomic mass is 9.68. The SMILES string of the molecule is C=C(CCN(Cc1ccc(C(F)(F)F)cc1)S(=O)(=O)c1ccc(F)cc1)/C(=N/CCC(=O)NC1CC(C)(C)C1)NC. The minimum absolute atomic E-state index is 0.0712. The number of carbonyl (C=O) groups excluding carboxylic acids is 1. The van der Waals surface area contributed by atoms with Crippen molar-refractivity contribution in [1.82, 2.24) is 14.9 Å². The molecule has 1 fully saturated rings. The van der Waals surface area contributed by atoms with Crippen molar-refractivity contribution in [2.45, 2.75) is 63.2 Å². The predicted octanol–water partition coefficient (Wildman–Crippen LogP) is 5.29. The Morgan fingerprint density at radius 3 is 2.22 bits per heavy atom. The summed E-state index contributed by atoms with van der Waals surface area (Å²) in [5.41, 5.74) is 0.234. The van der Waals surface area contributed by atoms with E-state index in [1.165, 1.54) is 12.1 Å². The number of hydrogen-bond acceptors (Lipinski definition) is 4. The van der Waals surface area contributed by atoms with Gasteiger partial charge in [-0.05, 0) is 72.2 Å². The highest BCUT2D eigenvalue weighted by Gasteiger charge is 2.36. The molecule has 7 nitrogen and oxygen atoms in total. The highest BCUT2D eigenvalue weighted by atomic mass is 32.2. The van der Waals surface area contributed by atoms with Crippen molar-refractivity contribution in [2.24, 2.45) is 10.4 Å². The van der Waals surface area contributed by atoms with Gasteiger partial charge in [-0.3, -0.25) is 9.79 Å². The summed E-state index contributed by atoms with van der Waals surface area (Å²) in [6, 6.07) is 8.73. The molecule has 1 amide bonds. The molecule has 0 radical (unpaired) electrons. The molecule has 0 saturated heterocycles. The lowest BCUT2D eigenvalue weighted by Crippen LogP contribution is -2.48. The number of sulfonamides is 1. The van der Waals surface area contributed by atoms with Gasteiger partial charge in [-0.1, -0.05) is 32.6 Å². The van der Waals surface area contributed by atoms with Crippen LogP contribution in [0.3, 0.4) is 0 Å². The van der Waals surface area contributed by atoms with Crippen molar-refractivity contribution in [3.8, 4) is 0 Å². The van der Waals surface area contributed by atoms with E-state index in [1.807, 2.05) is 0 Å². The third-order valence-corrected chi connectivity index (χ3v) is 8.76. The van der Waals surface area contributed by atoms with Crippen molar-refractivity contribution < 1.29 is 30.8 Å². The van der Waals surface area contributed by atoms with Crippen LogP contribution in [0, 0.1) is 11.2 Å². The lowest BCUT2D eigenvalue weighted by Gasteiger charge is -2.42. The number of rotatable bonds is 12. The van der Waals surface area contributed by atoms with E-state index < -0.39 is 27.6 Å². The van der Waals surface area contributed by atoms with Crippen LogP contribution in [0.1, 0.15) is 50.7 Å². The van der Waals surface area contributed by atoms with Crippen molar-refractivity contribution in [1.29, 1.82) is 0 Å². The van der Waals surface area contributed by atoms with Gasteiger partial charge < -0.3 is 10.6 Å². The number of amides is 1. The van der Waals surface area contributed by atoms with E-state index in [-0.39, 0.29) is 54.7 Å². The summed E-state index contributed by atoms with van der Waals surface area (Å²) in [5.74, 6) is -0.286. The third kappa shape index (κ3) is 9.12. The molecule has 3 rings (SSSR count). The zero-order chi connectivity index (χ0) is 30.4. The van der Waals surface area contributed by atoms with E-state index >= 15 is 0 Å². The Bertz CT molecular complexity index is 1350. The van der Waals surface area contributed by atoms with Crippen molar-refractivity contribution in [3.63, 3.8) is 0 Å².